The van der Waals surface area contributed by atoms with E-state index in [9.17, 15) is 14.0 Å². The number of nitrogens with one attached hydrogen (secondary N) is 3. The van der Waals surface area contributed by atoms with Crippen molar-refractivity contribution in [2.45, 2.75) is 44.8 Å². The number of hydrogen-bond donors (Lipinski definition) is 3. The quantitative estimate of drug-likeness (QED) is 0.337. The van der Waals surface area contributed by atoms with Gasteiger partial charge < -0.3 is 25.6 Å². The molecule has 6 rings (SSSR count). The summed E-state index contributed by atoms with van der Waals surface area (Å²) in [4.78, 5) is 36.5. The SMILES string of the molecule is C[C@H]1CN(c2ccc(C(=O)Nc3cc(F)c4nn(C)cc4c3)c3nc(OCC4CCC(=O)N4)ncc23)C[C@H](C)N1. The molecule has 40 heavy (non-hydrogen) atoms. The minimum Gasteiger partial charge on any atom is -0.461 e. The number of fused-ring (bicyclic) bond motifs is 2. The van der Waals surface area contributed by atoms with Crippen molar-refractivity contribution in [2.24, 2.45) is 7.05 Å². The second-order valence-corrected chi connectivity index (χ2v) is 10.7. The van der Waals surface area contributed by atoms with Crippen molar-refractivity contribution in [1.82, 2.24) is 30.4 Å². The third-order valence-electron chi connectivity index (χ3n) is 7.28. The molecule has 0 saturated carbocycles. The highest BCUT2D eigenvalue weighted by Gasteiger charge is 2.26. The van der Waals surface area contributed by atoms with Crippen molar-refractivity contribution in [3.8, 4) is 6.01 Å². The Morgan fingerprint density at radius 3 is 2.75 bits per heavy atom. The van der Waals surface area contributed by atoms with E-state index in [0.717, 1.165) is 18.8 Å². The number of hydrogen-bond acceptors (Lipinski definition) is 8. The van der Waals surface area contributed by atoms with Crippen LogP contribution in [0.3, 0.4) is 0 Å². The summed E-state index contributed by atoms with van der Waals surface area (Å²) >= 11 is 0. The molecule has 2 saturated heterocycles. The lowest BCUT2D eigenvalue weighted by atomic mass is 10.0. The lowest BCUT2D eigenvalue weighted by Crippen LogP contribution is -2.54. The molecule has 11 nitrogen and oxygen atoms in total. The molecule has 2 aromatic carbocycles. The molecular formula is C28H31FN8O3. The average molecular weight is 547 g/mol. The van der Waals surface area contributed by atoms with E-state index in [0.29, 0.717) is 40.4 Å². The Hall–Kier alpha value is -4.32. The highest BCUT2D eigenvalue weighted by Crippen LogP contribution is 2.31. The van der Waals surface area contributed by atoms with E-state index in [4.69, 9.17) is 4.74 Å². The minimum atomic E-state index is -0.521. The average Bonchev–Trinajstić information content (AvgIpc) is 3.50. The van der Waals surface area contributed by atoms with E-state index in [1.807, 2.05) is 6.07 Å². The van der Waals surface area contributed by atoms with Gasteiger partial charge in [-0.25, -0.2) is 9.37 Å². The van der Waals surface area contributed by atoms with Crippen LogP contribution in [0.25, 0.3) is 21.8 Å². The van der Waals surface area contributed by atoms with E-state index in [1.54, 1.807) is 31.6 Å². The first kappa shape index (κ1) is 25.9. The second kappa shape index (κ2) is 10.3. The topological polar surface area (TPSA) is 126 Å². The Morgan fingerprint density at radius 2 is 2.00 bits per heavy atom. The maximum atomic E-state index is 14.7. The van der Waals surface area contributed by atoms with Crippen LogP contribution < -0.4 is 25.6 Å². The van der Waals surface area contributed by atoms with Crippen molar-refractivity contribution in [1.29, 1.82) is 0 Å². The lowest BCUT2D eigenvalue weighted by molar-refractivity contribution is -0.119. The molecule has 2 aliphatic heterocycles. The summed E-state index contributed by atoms with van der Waals surface area (Å²) in [5.74, 6) is -0.960. The molecule has 1 unspecified atom stereocenters. The predicted octanol–water partition coefficient (Wildman–Crippen LogP) is 2.75. The fourth-order valence-corrected chi connectivity index (χ4v) is 5.60. The smallest absolute Gasteiger partial charge is 0.317 e. The summed E-state index contributed by atoms with van der Waals surface area (Å²) in [6.07, 6.45) is 4.52. The summed E-state index contributed by atoms with van der Waals surface area (Å²) < 4.78 is 22.0. The van der Waals surface area contributed by atoms with Gasteiger partial charge in [0.25, 0.3) is 5.91 Å². The normalized spacial score (nSPS) is 21.1. The zero-order chi connectivity index (χ0) is 28.0. The maximum Gasteiger partial charge on any atom is 0.317 e. The van der Waals surface area contributed by atoms with Gasteiger partial charge in [0.1, 0.15) is 12.1 Å². The van der Waals surface area contributed by atoms with Gasteiger partial charge in [0, 0.05) is 73.2 Å². The van der Waals surface area contributed by atoms with Gasteiger partial charge in [-0.1, -0.05) is 0 Å². The van der Waals surface area contributed by atoms with Crippen molar-refractivity contribution in [3.63, 3.8) is 0 Å². The molecule has 3 atom stereocenters. The van der Waals surface area contributed by atoms with E-state index in [1.165, 1.54) is 10.7 Å². The standard InChI is InChI=1S/C28H31FN8O3/c1-15-11-37(12-16(2)31-15)23-6-5-20(27(39)33-19-8-17-13-36(3)35-25(17)22(29)9-19)26-21(23)10-30-28(34-26)40-14-18-4-7-24(38)32-18/h5-6,8-10,13,15-16,18,31H,4,7,11-12,14H2,1-3H3,(H,32,38)(H,33,39)/t15-,16-,18?/m0/s1. The van der Waals surface area contributed by atoms with Crippen LogP contribution >= 0.6 is 0 Å². The van der Waals surface area contributed by atoms with Gasteiger partial charge in [-0.2, -0.15) is 10.1 Å². The summed E-state index contributed by atoms with van der Waals surface area (Å²) in [5.41, 5.74) is 2.21. The Morgan fingerprint density at radius 1 is 1.20 bits per heavy atom. The highest BCUT2D eigenvalue weighted by atomic mass is 19.1. The zero-order valence-electron chi connectivity index (χ0n) is 22.6. The number of amides is 2. The molecule has 0 aliphatic carbocycles. The molecule has 2 aliphatic rings. The van der Waals surface area contributed by atoms with E-state index in [-0.39, 0.29) is 42.2 Å². The number of carbonyl (C=O) groups excluding carboxylic acids is 2. The number of benzene rings is 2. The first-order chi connectivity index (χ1) is 19.2. The molecule has 0 spiro atoms. The summed E-state index contributed by atoms with van der Waals surface area (Å²) in [6.45, 7) is 6.07. The monoisotopic (exact) mass is 546 g/mol. The van der Waals surface area contributed by atoms with Crippen LogP contribution in [-0.4, -0.2) is 69.4 Å². The number of aromatic nitrogens is 4. The summed E-state index contributed by atoms with van der Waals surface area (Å²) in [7, 11) is 1.71. The van der Waals surface area contributed by atoms with Gasteiger partial charge in [-0.05, 0) is 44.5 Å². The number of nitrogens with zero attached hydrogens (tertiary/aromatic N) is 5. The molecule has 4 heterocycles. The van der Waals surface area contributed by atoms with Gasteiger partial charge in [0.15, 0.2) is 5.82 Å². The molecule has 4 aromatic rings. The fraction of sp³-hybridized carbons (Fsp3) is 0.393. The van der Waals surface area contributed by atoms with Gasteiger partial charge in [-0.3, -0.25) is 14.3 Å². The largest absolute Gasteiger partial charge is 0.461 e. The van der Waals surface area contributed by atoms with Crippen LogP contribution in [0.15, 0.2) is 36.7 Å². The number of rotatable bonds is 6. The van der Waals surface area contributed by atoms with Crippen LogP contribution in [-0.2, 0) is 11.8 Å². The molecule has 3 N–H and O–H groups in total. The van der Waals surface area contributed by atoms with Gasteiger partial charge >= 0.3 is 6.01 Å². The third kappa shape index (κ3) is 5.14. The van der Waals surface area contributed by atoms with E-state index < -0.39 is 11.7 Å². The maximum absolute atomic E-state index is 14.7. The molecule has 0 radical (unpaired) electrons. The number of carbonyl (C=O) groups is 2. The Balaban J connectivity index is 1.35. The number of halogens is 1. The molecule has 0 bridgehead atoms. The molecule has 12 heteroatoms. The number of anilines is 2. The van der Waals surface area contributed by atoms with E-state index >= 15 is 0 Å². The van der Waals surface area contributed by atoms with Gasteiger partial charge in [0.05, 0.1) is 17.1 Å². The molecule has 2 fully saturated rings. The van der Waals surface area contributed by atoms with Crippen LogP contribution in [0, 0.1) is 5.82 Å². The van der Waals surface area contributed by atoms with Crippen LogP contribution in [0.2, 0.25) is 0 Å². The van der Waals surface area contributed by atoms with Crippen LogP contribution in [0.5, 0.6) is 6.01 Å². The highest BCUT2D eigenvalue weighted by molar-refractivity contribution is 6.14. The lowest BCUT2D eigenvalue weighted by Gasteiger charge is -2.38. The van der Waals surface area contributed by atoms with E-state index in [2.05, 4.69) is 49.8 Å². The van der Waals surface area contributed by atoms with Crippen molar-refractivity contribution < 1.29 is 18.7 Å². The van der Waals surface area contributed by atoms with Crippen molar-refractivity contribution >= 4 is 45.0 Å². The van der Waals surface area contributed by atoms with Crippen molar-refractivity contribution in [3.05, 3.63) is 48.0 Å². The Labute approximate surface area is 230 Å². The molecule has 2 amide bonds. The number of piperazine rings is 1. The molecule has 2 aromatic heterocycles. The second-order valence-electron chi connectivity index (χ2n) is 10.7. The number of aryl methyl sites for hydroxylation is 1. The fourth-order valence-electron chi connectivity index (χ4n) is 5.60. The summed E-state index contributed by atoms with van der Waals surface area (Å²) in [6, 6.07) is 7.15. The molecular weight excluding hydrogens is 515 g/mol. The molecule has 208 valence electrons. The minimum absolute atomic E-state index is 0.00276. The first-order valence-electron chi connectivity index (χ1n) is 13.4. The summed E-state index contributed by atoms with van der Waals surface area (Å²) in [5, 5.41) is 14.6. The first-order valence-corrected chi connectivity index (χ1v) is 13.4. The zero-order valence-corrected chi connectivity index (χ0v) is 22.6. The Kier molecular flexibility index (Phi) is 6.70. The van der Waals surface area contributed by atoms with Crippen LogP contribution in [0.4, 0.5) is 15.8 Å². The predicted molar refractivity (Wildman–Crippen MR) is 149 cm³/mol. The Bertz CT molecular complexity index is 1610. The number of ether oxygens (including phenoxy) is 1. The van der Waals surface area contributed by atoms with Gasteiger partial charge in [0.2, 0.25) is 5.91 Å². The van der Waals surface area contributed by atoms with Crippen LogP contribution in [0.1, 0.15) is 37.0 Å². The van der Waals surface area contributed by atoms with Gasteiger partial charge in [-0.15, -0.1) is 0 Å². The third-order valence-corrected chi connectivity index (χ3v) is 7.28. The van der Waals surface area contributed by atoms with Crippen molar-refractivity contribution in [2.75, 3.05) is 29.9 Å².